The number of rotatable bonds is 7. The van der Waals surface area contributed by atoms with E-state index in [-0.39, 0.29) is 0 Å². The summed E-state index contributed by atoms with van der Waals surface area (Å²) in [5, 5.41) is 0. The molecule has 0 aliphatic carbocycles. The molecule has 0 bridgehead atoms. The largest absolute Gasteiger partial charge is 0.308 e. The van der Waals surface area contributed by atoms with Crippen molar-refractivity contribution in [3.8, 4) is 0 Å². The minimum Gasteiger partial charge on any atom is -0.308 e. The van der Waals surface area contributed by atoms with Crippen LogP contribution in [0.25, 0.3) is 0 Å². The van der Waals surface area contributed by atoms with Crippen molar-refractivity contribution in [1.29, 1.82) is 0 Å². The fraction of sp³-hybridized carbons (Fsp3) is 0.571. The highest BCUT2D eigenvalue weighted by atomic mass is 79.9. The van der Waals surface area contributed by atoms with E-state index in [0.717, 1.165) is 12.0 Å². The molecule has 0 N–H and O–H groups in total. The predicted molar refractivity (Wildman–Crippen MR) is 86.5 cm³/mol. The lowest BCUT2D eigenvalue weighted by Gasteiger charge is -2.24. The second-order valence-electron chi connectivity index (χ2n) is 5.14. The summed E-state index contributed by atoms with van der Waals surface area (Å²) in [5.41, 5.74) is 1.03. The van der Waals surface area contributed by atoms with E-state index in [4.69, 9.17) is 0 Å². The van der Waals surface area contributed by atoms with Crippen LogP contribution in [-0.4, -0.2) is 51.4 Å². The Labute approximate surface area is 130 Å². The molecule has 114 valence electrons. The van der Waals surface area contributed by atoms with E-state index in [0.29, 0.717) is 29.0 Å². The number of benzene rings is 1. The molecule has 0 amide bonds. The molecule has 0 saturated heterocycles. The second-order valence-corrected chi connectivity index (χ2v) is 7.90. The maximum absolute atomic E-state index is 12.7. The summed E-state index contributed by atoms with van der Waals surface area (Å²) in [6, 6.07) is 5.34. The van der Waals surface area contributed by atoms with Gasteiger partial charge in [-0.25, -0.2) is 8.42 Å². The van der Waals surface area contributed by atoms with Gasteiger partial charge in [-0.1, -0.05) is 13.0 Å². The smallest absolute Gasteiger partial charge is 0.244 e. The van der Waals surface area contributed by atoms with Crippen LogP contribution in [0.2, 0.25) is 0 Å². The van der Waals surface area contributed by atoms with E-state index in [9.17, 15) is 8.42 Å². The van der Waals surface area contributed by atoms with Gasteiger partial charge in [-0.05, 0) is 61.1 Å². The topological polar surface area (TPSA) is 40.6 Å². The third kappa shape index (κ3) is 4.55. The molecule has 6 heteroatoms. The Balaban J connectivity index is 3.08. The molecule has 0 aliphatic heterocycles. The third-order valence-corrected chi connectivity index (χ3v) is 5.85. The molecule has 1 aromatic rings. The Morgan fingerprint density at radius 2 is 1.80 bits per heavy atom. The molecule has 4 nitrogen and oxygen atoms in total. The first-order valence-electron chi connectivity index (χ1n) is 6.70. The number of aryl methyl sites for hydroxylation is 1. The van der Waals surface area contributed by atoms with Crippen LogP contribution in [0.4, 0.5) is 0 Å². The first-order valence-corrected chi connectivity index (χ1v) is 8.93. The summed E-state index contributed by atoms with van der Waals surface area (Å²) in [5.74, 6) is 0. The minimum atomic E-state index is -3.45. The Hall–Kier alpha value is -0.430. The molecule has 20 heavy (non-hydrogen) atoms. The van der Waals surface area contributed by atoms with Crippen molar-refractivity contribution in [2.24, 2.45) is 0 Å². The average Bonchev–Trinajstić information content (AvgIpc) is 2.33. The highest BCUT2D eigenvalue weighted by Gasteiger charge is 2.25. The molecule has 0 fully saturated rings. The summed E-state index contributed by atoms with van der Waals surface area (Å²) in [7, 11) is 0.439. The Bertz CT molecular complexity index is 544. The fourth-order valence-electron chi connectivity index (χ4n) is 1.87. The van der Waals surface area contributed by atoms with Crippen LogP contribution in [0.3, 0.4) is 0 Å². The number of halogens is 1. The van der Waals surface area contributed by atoms with Crippen LogP contribution in [0.15, 0.2) is 27.6 Å². The van der Waals surface area contributed by atoms with Gasteiger partial charge in [-0.2, -0.15) is 4.31 Å². The first-order chi connectivity index (χ1) is 9.28. The maximum Gasteiger partial charge on any atom is 0.244 e. The maximum atomic E-state index is 12.7. The zero-order chi connectivity index (χ0) is 15.3. The molecule has 0 spiro atoms. The van der Waals surface area contributed by atoms with Gasteiger partial charge in [0.1, 0.15) is 0 Å². The van der Waals surface area contributed by atoms with E-state index in [1.54, 1.807) is 10.4 Å². The number of likely N-dealkylation sites (N-methyl/N-ethyl adjacent to an activating group) is 1. The summed E-state index contributed by atoms with van der Waals surface area (Å²) in [4.78, 5) is 2.33. The van der Waals surface area contributed by atoms with Crippen molar-refractivity contribution in [1.82, 2.24) is 9.21 Å². The van der Waals surface area contributed by atoms with Crippen molar-refractivity contribution in [2.75, 3.05) is 33.7 Å². The molecule has 0 aromatic heterocycles. The van der Waals surface area contributed by atoms with Gasteiger partial charge in [-0.15, -0.1) is 0 Å². The van der Waals surface area contributed by atoms with Gasteiger partial charge in [0, 0.05) is 24.1 Å². The molecule has 1 rings (SSSR count). The van der Waals surface area contributed by atoms with Crippen molar-refractivity contribution in [2.45, 2.75) is 25.2 Å². The monoisotopic (exact) mass is 362 g/mol. The molecule has 1 aromatic carbocycles. The molecule has 0 atom stereocenters. The highest BCUT2D eigenvalue weighted by molar-refractivity contribution is 9.10. The van der Waals surface area contributed by atoms with Crippen LogP contribution in [0.1, 0.15) is 18.9 Å². The molecular formula is C14H23BrN2O2S. The normalized spacial score (nSPS) is 12.3. The number of nitrogens with zero attached hydrogens (tertiary/aromatic N) is 2. The number of hydrogen-bond acceptors (Lipinski definition) is 3. The van der Waals surface area contributed by atoms with Gasteiger partial charge < -0.3 is 4.90 Å². The van der Waals surface area contributed by atoms with Gasteiger partial charge in [0.05, 0.1) is 4.90 Å². The van der Waals surface area contributed by atoms with E-state index in [1.165, 1.54) is 0 Å². The summed E-state index contributed by atoms with van der Waals surface area (Å²) >= 11 is 3.37. The molecule has 0 unspecified atom stereocenters. The van der Waals surface area contributed by atoms with Gasteiger partial charge in [0.15, 0.2) is 0 Å². The van der Waals surface area contributed by atoms with Crippen LogP contribution >= 0.6 is 15.9 Å². The SMILES string of the molecule is CCCN(CCN(C)C)S(=O)(=O)c1ccc(C)cc1Br. The summed E-state index contributed by atoms with van der Waals surface area (Å²) in [6.07, 6.45) is 0.802. The molecule has 0 saturated carbocycles. The Morgan fingerprint density at radius 1 is 1.15 bits per heavy atom. The van der Waals surface area contributed by atoms with Crippen LogP contribution in [0, 0.1) is 6.92 Å². The number of sulfonamides is 1. The lowest BCUT2D eigenvalue weighted by molar-refractivity contribution is 0.333. The van der Waals surface area contributed by atoms with Crippen LogP contribution in [-0.2, 0) is 10.0 Å². The highest BCUT2D eigenvalue weighted by Crippen LogP contribution is 2.26. The van der Waals surface area contributed by atoms with Gasteiger partial charge in [0.2, 0.25) is 10.0 Å². The van der Waals surface area contributed by atoms with Crippen molar-refractivity contribution in [3.63, 3.8) is 0 Å². The zero-order valence-electron chi connectivity index (χ0n) is 12.6. The fourth-order valence-corrected chi connectivity index (χ4v) is 4.54. The van der Waals surface area contributed by atoms with Crippen LogP contribution < -0.4 is 0 Å². The molecule has 0 aliphatic rings. The standard InChI is InChI=1S/C14H23BrN2O2S/c1-5-8-17(10-9-16(3)4)20(18,19)14-7-6-12(2)11-13(14)15/h6-7,11H,5,8-10H2,1-4H3. The van der Waals surface area contributed by atoms with Crippen molar-refractivity contribution >= 4 is 26.0 Å². The van der Waals surface area contributed by atoms with Gasteiger partial charge in [-0.3, -0.25) is 0 Å². The lowest BCUT2D eigenvalue weighted by Crippen LogP contribution is -2.37. The Morgan fingerprint density at radius 3 is 2.30 bits per heavy atom. The number of hydrogen-bond donors (Lipinski definition) is 0. The minimum absolute atomic E-state index is 0.343. The molecule has 0 heterocycles. The van der Waals surface area contributed by atoms with Crippen LogP contribution in [0.5, 0.6) is 0 Å². The lowest BCUT2D eigenvalue weighted by atomic mass is 10.2. The van der Waals surface area contributed by atoms with E-state index in [2.05, 4.69) is 15.9 Å². The Kier molecular flexibility index (Phi) is 6.64. The molecule has 0 radical (unpaired) electrons. The van der Waals surface area contributed by atoms with Gasteiger partial charge in [0.25, 0.3) is 0 Å². The van der Waals surface area contributed by atoms with Gasteiger partial charge >= 0.3 is 0 Å². The second kappa shape index (κ2) is 7.54. The predicted octanol–water partition coefficient (Wildman–Crippen LogP) is 2.72. The van der Waals surface area contributed by atoms with E-state index in [1.807, 2.05) is 45.0 Å². The van der Waals surface area contributed by atoms with Crippen molar-refractivity contribution < 1.29 is 8.42 Å². The zero-order valence-corrected chi connectivity index (χ0v) is 15.0. The molecular weight excluding hydrogens is 340 g/mol. The van der Waals surface area contributed by atoms with Crippen molar-refractivity contribution in [3.05, 3.63) is 28.2 Å². The summed E-state index contributed by atoms with van der Waals surface area (Å²) < 4.78 is 27.7. The first kappa shape index (κ1) is 17.6. The van der Waals surface area contributed by atoms with E-state index < -0.39 is 10.0 Å². The van der Waals surface area contributed by atoms with E-state index >= 15 is 0 Å². The quantitative estimate of drug-likeness (QED) is 0.748. The third-order valence-electron chi connectivity index (χ3n) is 2.97. The summed E-state index contributed by atoms with van der Waals surface area (Å²) in [6.45, 7) is 5.68. The average molecular weight is 363 g/mol.